The Hall–Kier alpha value is -2.86. The molecule has 1 heterocycles. The molecule has 2 fully saturated rings. The Labute approximate surface area is 192 Å². The first-order valence-corrected chi connectivity index (χ1v) is 11.3. The van der Waals surface area contributed by atoms with Crippen molar-refractivity contribution >= 4 is 29.3 Å². The molecule has 2 aliphatic rings. The zero-order valence-corrected chi connectivity index (χ0v) is 18.9. The fourth-order valence-corrected chi connectivity index (χ4v) is 5.07. The lowest BCUT2D eigenvalue weighted by molar-refractivity contribution is -0.143. The van der Waals surface area contributed by atoms with Crippen LogP contribution in [0.5, 0.6) is 5.75 Å². The highest BCUT2D eigenvalue weighted by Crippen LogP contribution is 2.43. The summed E-state index contributed by atoms with van der Waals surface area (Å²) in [7, 11) is 1.57. The second-order valence-corrected chi connectivity index (χ2v) is 9.01. The van der Waals surface area contributed by atoms with Gasteiger partial charge >= 0.3 is 0 Å². The highest BCUT2D eigenvalue weighted by Gasteiger charge is 2.55. The van der Waals surface area contributed by atoms with Gasteiger partial charge in [-0.25, -0.2) is 0 Å². The highest BCUT2D eigenvalue weighted by molar-refractivity contribution is 6.30. The van der Waals surface area contributed by atoms with Gasteiger partial charge in [0.1, 0.15) is 5.75 Å². The van der Waals surface area contributed by atoms with Crippen molar-refractivity contribution in [1.29, 1.82) is 0 Å². The lowest BCUT2D eigenvalue weighted by Crippen LogP contribution is -2.45. The molecule has 0 unspecified atom stereocenters. The largest absolute Gasteiger partial charge is 0.497 e. The topological polar surface area (TPSA) is 75.7 Å². The summed E-state index contributed by atoms with van der Waals surface area (Å²) in [5, 5.41) is 3.48. The van der Waals surface area contributed by atoms with Crippen LogP contribution in [0.1, 0.15) is 49.7 Å². The van der Waals surface area contributed by atoms with Crippen molar-refractivity contribution < 1.29 is 19.1 Å². The molecule has 1 N–H and O–H groups in total. The number of imide groups is 1. The first kappa shape index (κ1) is 22.3. The molecular weight excluding hydrogens is 428 g/mol. The molecule has 1 aliphatic heterocycles. The van der Waals surface area contributed by atoms with Crippen LogP contribution >= 0.6 is 11.6 Å². The summed E-state index contributed by atoms with van der Waals surface area (Å²) in [5.41, 5.74) is 0.325. The van der Waals surface area contributed by atoms with Crippen LogP contribution in [0.25, 0.3) is 0 Å². The minimum Gasteiger partial charge on any atom is -0.497 e. The summed E-state index contributed by atoms with van der Waals surface area (Å²) in [4.78, 5) is 41.1. The van der Waals surface area contributed by atoms with Gasteiger partial charge in [0.25, 0.3) is 0 Å². The number of ether oxygens (including phenoxy) is 1. The second kappa shape index (κ2) is 9.33. The van der Waals surface area contributed by atoms with E-state index in [1.807, 2.05) is 12.1 Å². The van der Waals surface area contributed by atoms with Gasteiger partial charge in [0.2, 0.25) is 17.7 Å². The summed E-state index contributed by atoms with van der Waals surface area (Å²) in [6.45, 7) is 0.298. The van der Waals surface area contributed by atoms with E-state index in [1.165, 1.54) is 4.90 Å². The van der Waals surface area contributed by atoms with Crippen molar-refractivity contribution in [2.45, 2.75) is 56.5 Å². The third-order valence-electron chi connectivity index (χ3n) is 6.52. The first-order valence-electron chi connectivity index (χ1n) is 10.9. The Morgan fingerprint density at radius 3 is 2.53 bits per heavy atom. The predicted molar refractivity (Wildman–Crippen MR) is 121 cm³/mol. The minimum absolute atomic E-state index is 0.000747. The van der Waals surface area contributed by atoms with Crippen LogP contribution in [0.4, 0.5) is 0 Å². The number of carbonyl (C=O) groups is 3. The monoisotopic (exact) mass is 454 g/mol. The maximum atomic E-state index is 13.7. The van der Waals surface area contributed by atoms with Crippen LogP contribution < -0.4 is 10.1 Å². The summed E-state index contributed by atoms with van der Waals surface area (Å²) in [5.74, 6) is -0.0909. The van der Waals surface area contributed by atoms with Gasteiger partial charge in [-0.2, -0.15) is 0 Å². The van der Waals surface area contributed by atoms with E-state index in [2.05, 4.69) is 5.32 Å². The number of amides is 3. The zero-order valence-electron chi connectivity index (χ0n) is 18.1. The minimum atomic E-state index is -1.20. The lowest BCUT2D eigenvalue weighted by Gasteiger charge is -2.29. The molecule has 6 nitrogen and oxygen atoms in total. The van der Waals surface area contributed by atoms with Gasteiger partial charge in [-0.05, 0) is 48.2 Å². The number of methoxy groups -OCH3 is 1. The van der Waals surface area contributed by atoms with E-state index in [4.69, 9.17) is 16.3 Å². The van der Waals surface area contributed by atoms with Crippen LogP contribution in [0, 0.1) is 0 Å². The maximum Gasteiger partial charge on any atom is 0.241 e. The molecule has 4 rings (SSSR count). The molecule has 2 aromatic carbocycles. The number of nitrogens with zero attached hydrogens (tertiary/aromatic N) is 1. The number of halogens is 1. The molecule has 2 aromatic rings. The summed E-state index contributed by atoms with van der Waals surface area (Å²) in [6.07, 6.45) is 3.59. The normalized spacial score (nSPS) is 21.2. The molecule has 1 saturated carbocycles. The zero-order chi connectivity index (χ0) is 22.7. The number of carbonyl (C=O) groups excluding carboxylic acids is 3. The quantitative estimate of drug-likeness (QED) is 0.642. The van der Waals surface area contributed by atoms with Gasteiger partial charge in [0.05, 0.1) is 12.5 Å². The van der Waals surface area contributed by atoms with Gasteiger partial charge in [-0.1, -0.05) is 48.7 Å². The van der Waals surface area contributed by atoms with Crippen LogP contribution in [0.2, 0.25) is 5.02 Å². The molecule has 0 radical (unpaired) electrons. The fraction of sp³-hybridized carbons (Fsp3) is 0.400. The van der Waals surface area contributed by atoms with Crippen LogP contribution in [0.3, 0.4) is 0 Å². The maximum absolute atomic E-state index is 13.7. The smallest absolute Gasteiger partial charge is 0.241 e. The van der Waals surface area contributed by atoms with Crippen LogP contribution in [0.15, 0.2) is 48.5 Å². The van der Waals surface area contributed by atoms with Gasteiger partial charge in [-0.3, -0.25) is 19.3 Å². The Kier molecular flexibility index (Phi) is 6.51. The lowest BCUT2D eigenvalue weighted by atomic mass is 9.75. The molecule has 3 amide bonds. The third kappa shape index (κ3) is 4.37. The van der Waals surface area contributed by atoms with Gasteiger partial charge in [0.15, 0.2) is 0 Å². The molecule has 1 saturated heterocycles. The van der Waals surface area contributed by atoms with Gasteiger partial charge < -0.3 is 10.1 Å². The Balaban J connectivity index is 1.59. The molecule has 0 spiro atoms. The second-order valence-electron chi connectivity index (χ2n) is 8.58. The molecule has 7 heteroatoms. The fourth-order valence-electron chi connectivity index (χ4n) is 4.85. The van der Waals surface area contributed by atoms with Crippen LogP contribution in [-0.2, 0) is 26.3 Å². The Bertz CT molecular complexity index is 1020. The number of rotatable bonds is 7. The highest BCUT2D eigenvalue weighted by atomic mass is 35.5. The van der Waals surface area contributed by atoms with Crippen molar-refractivity contribution in [3.63, 3.8) is 0 Å². The standard InChI is InChI=1S/C25H27ClN2O4/c1-32-21-11-9-18(10-12-21)25(14-22(29)27-16-17-5-4-6-19(26)13-17)15-23(30)28(24(25)31)20-7-2-3-8-20/h4-6,9-13,20H,2-3,7-8,14-16H2,1H3,(H,27,29)/t25-/m1/s1. The van der Waals surface area contributed by atoms with Gasteiger partial charge in [0, 0.05) is 30.5 Å². The van der Waals surface area contributed by atoms with Crippen LogP contribution in [-0.4, -0.2) is 35.8 Å². The molecular formula is C25H27ClN2O4. The predicted octanol–water partition coefficient (Wildman–Crippen LogP) is 3.99. The van der Waals surface area contributed by atoms with E-state index in [1.54, 1.807) is 43.5 Å². The van der Waals surface area contributed by atoms with E-state index in [0.29, 0.717) is 22.9 Å². The average molecular weight is 455 g/mol. The van der Waals surface area contributed by atoms with Crippen molar-refractivity contribution in [1.82, 2.24) is 10.2 Å². The van der Waals surface area contributed by atoms with Crippen molar-refractivity contribution in [2.75, 3.05) is 7.11 Å². The number of likely N-dealkylation sites (tertiary alicyclic amines) is 1. The summed E-state index contributed by atoms with van der Waals surface area (Å²) >= 11 is 6.03. The summed E-state index contributed by atoms with van der Waals surface area (Å²) in [6, 6.07) is 14.3. The first-order chi connectivity index (χ1) is 15.4. The van der Waals surface area contributed by atoms with E-state index < -0.39 is 5.41 Å². The molecule has 0 bridgehead atoms. The van der Waals surface area contributed by atoms with Crippen molar-refractivity contribution in [3.05, 3.63) is 64.7 Å². The van der Waals surface area contributed by atoms with Crippen molar-refractivity contribution in [2.24, 2.45) is 0 Å². The van der Waals surface area contributed by atoms with E-state index in [0.717, 1.165) is 31.2 Å². The average Bonchev–Trinajstić information content (AvgIpc) is 3.39. The van der Waals surface area contributed by atoms with E-state index in [9.17, 15) is 14.4 Å². The third-order valence-corrected chi connectivity index (χ3v) is 6.76. The Morgan fingerprint density at radius 2 is 1.88 bits per heavy atom. The molecule has 0 aromatic heterocycles. The molecule has 168 valence electrons. The Morgan fingerprint density at radius 1 is 1.16 bits per heavy atom. The molecule has 1 aliphatic carbocycles. The van der Waals surface area contributed by atoms with E-state index >= 15 is 0 Å². The summed E-state index contributed by atoms with van der Waals surface area (Å²) < 4.78 is 5.24. The molecule has 1 atom stereocenters. The van der Waals surface area contributed by atoms with E-state index in [-0.39, 0.29) is 36.6 Å². The SMILES string of the molecule is COc1ccc([C@@]2(CC(=O)NCc3cccc(Cl)c3)CC(=O)N(C3CCCC3)C2=O)cc1. The van der Waals surface area contributed by atoms with Crippen molar-refractivity contribution in [3.8, 4) is 5.75 Å². The number of hydrogen-bond donors (Lipinski definition) is 1. The number of benzene rings is 2. The molecule has 32 heavy (non-hydrogen) atoms. The van der Waals surface area contributed by atoms with Gasteiger partial charge in [-0.15, -0.1) is 0 Å². The number of hydrogen-bond acceptors (Lipinski definition) is 4. The number of nitrogens with one attached hydrogen (secondary N) is 1.